The first-order valence-electron chi connectivity index (χ1n) is 10.5. The molecule has 1 saturated carbocycles. The van der Waals surface area contributed by atoms with Crippen LogP contribution in [0.15, 0.2) is 48.5 Å². The predicted molar refractivity (Wildman–Crippen MR) is 123 cm³/mol. The molecule has 190 valence electrons. The van der Waals surface area contributed by atoms with Crippen molar-refractivity contribution in [2.24, 2.45) is 0 Å². The number of carbonyl (C=O) groups is 3. The lowest BCUT2D eigenvalue weighted by Crippen LogP contribution is -2.53. The Morgan fingerprint density at radius 2 is 1.94 bits per heavy atom. The number of methoxy groups -OCH3 is 1. The molecule has 35 heavy (non-hydrogen) atoms. The molecule has 8 nitrogen and oxygen atoms in total. The molecule has 1 aliphatic carbocycles. The Balaban J connectivity index is 0.000000466. The van der Waals surface area contributed by atoms with Crippen LogP contribution >= 0.6 is 11.6 Å². The fourth-order valence-electron chi connectivity index (χ4n) is 3.30. The van der Waals surface area contributed by atoms with E-state index in [1.54, 1.807) is 24.3 Å². The van der Waals surface area contributed by atoms with E-state index in [2.05, 4.69) is 15.4 Å². The van der Waals surface area contributed by atoms with Crippen LogP contribution in [0.5, 0.6) is 0 Å². The van der Waals surface area contributed by atoms with Crippen molar-refractivity contribution in [3.63, 3.8) is 0 Å². The molecule has 1 fully saturated rings. The number of benzene rings is 2. The Labute approximate surface area is 205 Å². The Bertz CT molecular complexity index is 1020. The minimum absolute atomic E-state index is 0.0604. The van der Waals surface area contributed by atoms with Crippen LogP contribution in [0, 0.1) is 5.82 Å². The van der Waals surface area contributed by atoms with E-state index in [1.165, 1.54) is 25.3 Å². The maximum absolute atomic E-state index is 13.6. The van der Waals surface area contributed by atoms with E-state index >= 15 is 0 Å². The van der Waals surface area contributed by atoms with Gasteiger partial charge in [0, 0.05) is 41.7 Å². The average Bonchev–Trinajstić information content (AvgIpc) is 2.80. The summed E-state index contributed by atoms with van der Waals surface area (Å²) in [6.45, 7) is 0.182. The average molecular weight is 516 g/mol. The van der Waals surface area contributed by atoms with Gasteiger partial charge in [-0.25, -0.2) is 18.0 Å². The van der Waals surface area contributed by atoms with Crippen molar-refractivity contribution in [3.05, 3.63) is 64.9 Å². The molecule has 1 atom stereocenters. The first kappa shape index (κ1) is 27.9. The lowest BCUT2D eigenvalue weighted by atomic mass is 9.87. The van der Waals surface area contributed by atoms with Gasteiger partial charge in [-0.05, 0) is 24.3 Å². The van der Waals surface area contributed by atoms with Crippen LogP contribution < -0.4 is 15.5 Å². The van der Waals surface area contributed by atoms with E-state index in [0.717, 1.165) is 11.0 Å². The fourth-order valence-corrected chi connectivity index (χ4v) is 3.53. The first-order valence-corrected chi connectivity index (χ1v) is 10.8. The van der Waals surface area contributed by atoms with Crippen molar-refractivity contribution in [2.45, 2.75) is 30.8 Å². The number of halogens is 4. The molecule has 0 bridgehead atoms. The molecule has 0 aliphatic heterocycles. The van der Waals surface area contributed by atoms with E-state index in [4.69, 9.17) is 16.7 Å². The van der Waals surface area contributed by atoms with Crippen molar-refractivity contribution in [2.75, 3.05) is 25.2 Å². The lowest BCUT2D eigenvalue weighted by molar-refractivity contribution is -0.131. The fraction of sp³-hybridized carbons (Fsp3) is 0.348. The highest BCUT2D eigenvalue weighted by Crippen LogP contribution is 2.38. The maximum atomic E-state index is 13.6. The van der Waals surface area contributed by atoms with Gasteiger partial charge < -0.3 is 20.5 Å². The van der Waals surface area contributed by atoms with Gasteiger partial charge in [0.15, 0.2) is 0 Å². The largest absolute Gasteiger partial charge is 0.453 e. The summed E-state index contributed by atoms with van der Waals surface area (Å²) in [7, 11) is 1.27. The highest BCUT2D eigenvalue weighted by atomic mass is 35.5. The van der Waals surface area contributed by atoms with Crippen molar-refractivity contribution < 1.29 is 37.4 Å². The van der Waals surface area contributed by atoms with Crippen molar-refractivity contribution in [1.29, 1.82) is 0 Å². The molecule has 0 aromatic heterocycles. The number of nitrogens with zero attached hydrogens (tertiary/aromatic N) is 1. The third kappa shape index (κ3) is 8.15. The van der Waals surface area contributed by atoms with Gasteiger partial charge in [-0.15, -0.1) is 0 Å². The van der Waals surface area contributed by atoms with Gasteiger partial charge in [-0.3, -0.25) is 14.5 Å². The summed E-state index contributed by atoms with van der Waals surface area (Å²) in [5.41, 5.74) is 0.447. The number of aliphatic hydroxyl groups excluding tert-OH is 1. The second-order valence-electron chi connectivity index (χ2n) is 7.53. The molecule has 0 heterocycles. The Kier molecular flexibility index (Phi) is 10.3. The number of anilines is 1. The molecule has 0 saturated heterocycles. The number of carbonyl (C=O) groups excluding carboxylic acids is 3. The number of aliphatic hydroxyl groups is 1. The van der Waals surface area contributed by atoms with Crippen LogP contribution in [0.3, 0.4) is 0 Å². The van der Waals surface area contributed by atoms with Crippen LogP contribution in [-0.2, 0) is 14.3 Å². The minimum Gasteiger partial charge on any atom is -0.453 e. The quantitative estimate of drug-likeness (QED) is 0.467. The molecule has 2 aromatic rings. The first-order chi connectivity index (χ1) is 16.6. The third-order valence-corrected chi connectivity index (χ3v) is 5.29. The molecular formula is C23H25ClF3N3O5. The van der Waals surface area contributed by atoms with E-state index in [9.17, 15) is 27.6 Å². The van der Waals surface area contributed by atoms with Crippen molar-refractivity contribution >= 4 is 35.7 Å². The highest BCUT2D eigenvalue weighted by Gasteiger charge is 2.47. The van der Waals surface area contributed by atoms with Crippen LogP contribution in [0.4, 0.5) is 23.7 Å². The molecule has 12 heteroatoms. The third-order valence-electron chi connectivity index (χ3n) is 4.95. The number of hydrogen-bond donors (Lipinski definition) is 3. The summed E-state index contributed by atoms with van der Waals surface area (Å²) in [5, 5.41) is 13.2. The number of alkyl halides is 2. The summed E-state index contributed by atoms with van der Waals surface area (Å²) in [6.07, 6.45) is -1.05. The maximum Gasteiger partial charge on any atom is 0.406 e. The number of nitrogens with one attached hydrogen (secondary N) is 2. The van der Waals surface area contributed by atoms with Gasteiger partial charge in [-0.1, -0.05) is 35.9 Å². The second-order valence-corrected chi connectivity index (χ2v) is 7.94. The van der Waals surface area contributed by atoms with Gasteiger partial charge in [0.05, 0.1) is 13.7 Å². The van der Waals surface area contributed by atoms with E-state index in [1.807, 2.05) is 0 Å². The summed E-state index contributed by atoms with van der Waals surface area (Å²) in [4.78, 5) is 35.8. The van der Waals surface area contributed by atoms with E-state index in [0.29, 0.717) is 12.0 Å². The lowest BCUT2D eigenvalue weighted by Gasteiger charge is -2.37. The van der Waals surface area contributed by atoms with Crippen LogP contribution in [0.25, 0.3) is 0 Å². The molecular weight excluding hydrogens is 491 g/mol. The monoisotopic (exact) mass is 515 g/mol. The minimum atomic E-state index is -2.80. The molecule has 3 rings (SSSR count). The van der Waals surface area contributed by atoms with Crippen molar-refractivity contribution in [1.82, 2.24) is 10.6 Å². The van der Waals surface area contributed by atoms with Gasteiger partial charge in [0.25, 0.3) is 5.92 Å². The summed E-state index contributed by atoms with van der Waals surface area (Å²) < 4.78 is 44.0. The standard InChI is InChI=1S/C19H16ClF3N2O2.C4H9NO3/c20-16-7-2-1-6-15(16)17(18(27)24-13-9-19(22,23)10-13)25(11-26)14-5-3-4-12(21)8-14;1-8-4(7)5-2-3-6/h1-8,11,13,17H,9-10H2,(H,24,27);6H,2-3H2,1H3,(H,5,7). The zero-order valence-electron chi connectivity index (χ0n) is 18.7. The van der Waals surface area contributed by atoms with E-state index < -0.39 is 48.7 Å². The van der Waals surface area contributed by atoms with Gasteiger partial charge in [-0.2, -0.15) is 0 Å². The second kappa shape index (κ2) is 13.0. The Morgan fingerprint density at radius 3 is 2.49 bits per heavy atom. The highest BCUT2D eigenvalue weighted by molar-refractivity contribution is 6.31. The molecule has 0 spiro atoms. The molecule has 0 radical (unpaired) electrons. The van der Waals surface area contributed by atoms with E-state index in [-0.39, 0.29) is 23.9 Å². The normalized spacial score (nSPS) is 14.9. The van der Waals surface area contributed by atoms with Gasteiger partial charge in [0.2, 0.25) is 12.3 Å². The molecule has 3 N–H and O–H groups in total. The summed E-state index contributed by atoms with van der Waals surface area (Å²) in [5.74, 6) is -4.05. The van der Waals surface area contributed by atoms with Crippen molar-refractivity contribution in [3.8, 4) is 0 Å². The Morgan fingerprint density at radius 1 is 1.26 bits per heavy atom. The number of hydrogen-bond acceptors (Lipinski definition) is 5. The number of amides is 3. The SMILES string of the molecule is COC(=O)NCCO.O=CN(c1cccc(F)c1)C(C(=O)NC1CC(F)(F)C1)c1ccccc1Cl. The molecule has 1 aliphatic rings. The van der Waals surface area contributed by atoms with Crippen LogP contribution in [-0.4, -0.2) is 55.7 Å². The molecule has 2 aromatic carbocycles. The number of rotatable bonds is 8. The molecule has 1 unspecified atom stereocenters. The summed E-state index contributed by atoms with van der Waals surface area (Å²) >= 11 is 6.20. The predicted octanol–water partition coefficient (Wildman–Crippen LogP) is 3.43. The summed E-state index contributed by atoms with van der Waals surface area (Å²) in [6, 6.07) is 9.62. The zero-order chi connectivity index (χ0) is 26.0. The van der Waals surface area contributed by atoms with Gasteiger partial charge in [0.1, 0.15) is 11.9 Å². The van der Waals surface area contributed by atoms with Crippen LogP contribution in [0.1, 0.15) is 24.4 Å². The number of alkyl carbamates (subject to hydrolysis) is 1. The smallest absolute Gasteiger partial charge is 0.406 e. The molecule has 3 amide bonds. The van der Waals surface area contributed by atoms with Crippen LogP contribution in [0.2, 0.25) is 5.02 Å². The zero-order valence-corrected chi connectivity index (χ0v) is 19.5. The number of ether oxygens (including phenoxy) is 1. The van der Waals surface area contributed by atoms with Gasteiger partial charge >= 0.3 is 6.09 Å². The Hall–Kier alpha value is -3.31. The topological polar surface area (TPSA) is 108 Å².